The molecule has 1 aromatic carbocycles. The first-order valence-corrected chi connectivity index (χ1v) is 7.38. The summed E-state index contributed by atoms with van der Waals surface area (Å²) in [5.41, 5.74) is 0.840. The van der Waals surface area contributed by atoms with Crippen molar-refractivity contribution in [2.45, 2.75) is 19.9 Å². The molecule has 21 heavy (non-hydrogen) atoms. The number of hydrogen-bond donors (Lipinski definition) is 1. The molecule has 0 saturated heterocycles. The molecule has 1 heterocycles. The average molecular weight is 326 g/mol. The molecule has 1 aromatic heterocycles. The SMILES string of the molecule is CC(C)C(=O)NC(c1ccc(Cl)c(Cl)c1)c1nccn1C. The molecule has 2 rings (SSSR count). The second-order valence-corrected chi connectivity index (χ2v) is 5.98. The maximum atomic E-state index is 12.1. The van der Waals surface area contributed by atoms with E-state index in [0.29, 0.717) is 10.0 Å². The van der Waals surface area contributed by atoms with Crippen molar-refractivity contribution in [3.05, 3.63) is 52.0 Å². The zero-order chi connectivity index (χ0) is 15.6. The molecule has 0 aliphatic carbocycles. The molecular formula is C15H17Cl2N3O. The van der Waals surface area contributed by atoms with Crippen LogP contribution >= 0.6 is 23.2 Å². The monoisotopic (exact) mass is 325 g/mol. The number of halogens is 2. The van der Waals surface area contributed by atoms with Gasteiger partial charge in [-0.2, -0.15) is 0 Å². The highest BCUT2D eigenvalue weighted by Crippen LogP contribution is 2.28. The van der Waals surface area contributed by atoms with Gasteiger partial charge in [-0.3, -0.25) is 4.79 Å². The summed E-state index contributed by atoms with van der Waals surface area (Å²) in [6, 6.07) is 4.95. The molecule has 0 spiro atoms. The molecule has 0 aliphatic heterocycles. The second-order valence-electron chi connectivity index (χ2n) is 5.17. The first kappa shape index (κ1) is 15.9. The van der Waals surface area contributed by atoms with Crippen LogP contribution in [0.1, 0.15) is 31.3 Å². The predicted octanol–water partition coefficient (Wildman–Crippen LogP) is 3.59. The van der Waals surface area contributed by atoms with E-state index in [1.54, 1.807) is 18.3 Å². The number of amides is 1. The zero-order valence-electron chi connectivity index (χ0n) is 12.1. The highest BCUT2D eigenvalue weighted by molar-refractivity contribution is 6.42. The van der Waals surface area contributed by atoms with Crippen molar-refractivity contribution < 1.29 is 4.79 Å². The molecule has 6 heteroatoms. The topological polar surface area (TPSA) is 46.9 Å². The Morgan fingerprint density at radius 3 is 2.52 bits per heavy atom. The summed E-state index contributed by atoms with van der Waals surface area (Å²) in [6.45, 7) is 3.69. The third-order valence-corrected chi connectivity index (χ3v) is 3.94. The molecule has 1 atom stereocenters. The van der Waals surface area contributed by atoms with E-state index < -0.39 is 0 Å². The lowest BCUT2D eigenvalue weighted by Crippen LogP contribution is -2.33. The Hall–Kier alpha value is -1.52. The Kier molecular flexibility index (Phi) is 4.91. The van der Waals surface area contributed by atoms with Gasteiger partial charge in [0.25, 0.3) is 0 Å². The number of nitrogens with one attached hydrogen (secondary N) is 1. The molecule has 0 radical (unpaired) electrons. The maximum Gasteiger partial charge on any atom is 0.223 e. The Bertz CT molecular complexity index is 652. The largest absolute Gasteiger partial charge is 0.342 e. The van der Waals surface area contributed by atoms with Gasteiger partial charge in [0.2, 0.25) is 5.91 Å². The fourth-order valence-electron chi connectivity index (χ4n) is 1.95. The summed E-state index contributed by atoms with van der Waals surface area (Å²) in [7, 11) is 1.88. The lowest BCUT2D eigenvalue weighted by molar-refractivity contribution is -0.124. The van der Waals surface area contributed by atoms with Gasteiger partial charge in [-0.25, -0.2) is 4.98 Å². The van der Waals surface area contributed by atoms with Crippen LogP contribution in [0.5, 0.6) is 0 Å². The molecule has 112 valence electrons. The van der Waals surface area contributed by atoms with Crippen LogP contribution in [0.3, 0.4) is 0 Å². The van der Waals surface area contributed by atoms with E-state index in [1.165, 1.54) is 0 Å². The van der Waals surface area contributed by atoms with Gasteiger partial charge in [0, 0.05) is 25.4 Å². The highest BCUT2D eigenvalue weighted by Gasteiger charge is 2.22. The number of carbonyl (C=O) groups is 1. The molecule has 0 saturated carbocycles. The molecule has 4 nitrogen and oxygen atoms in total. The van der Waals surface area contributed by atoms with Crippen molar-refractivity contribution in [3.63, 3.8) is 0 Å². The minimum Gasteiger partial charge on any atom is -0.342 e. The van der Waals surface area contributed by atoms with Crippen LogP contribution < -0.4 is 5.32 Å². The molecule has 0 fully saturated rings. The van der Waals surface area contributed by atoms with Gasteiger partial charge in [-0.1, -0.05) is 43.1 Å². The Morgan fingerprint density at radius 1 is 1.29 bits per heavy atom. The minimum absolute atomic E-state index is 0.0472. The van der Waals surface area contributed by atoms with Gasteiger partial charge >= 0.3 is 0 Å². The molecule has 1 amide bonds. The highest BCUT2D eigenvalue weighted by atomic mass is 35.5. The number of hydrogen-bond acceptors (Lipinski definition) is 2. The summed E-state index contributed by atoms with van der Waals surface area (Å²) >= 11 is 12.0. The van der Waals surface area contributed by atoms with Gasteiger partial charge in [0.1, 0.15) is 11.9 Å². The van der Waals surface area contributed by atoms with E-state index in [0.717, 1.165) is 11.4 Å². The fourth-order valence-corrected chi connectivity index (χ4v) is 2.26. The van der Waals surface area contributed by atoms with Crippen molar-refractivity contribution in [1.29, 1.82) is 0 Å². The first-order valence-electron chi connectivity index (χ1n) is 6.62. The fraction of sp³-hybridized carbons (Fsp3) is 0.333. The molecule has 1 unspecified atom stereocenters. The number of nitrogens with zero attached hydrogens (tertiary/aromatic N) is 2. The summed E-state index contributed by atoms with van der Waals surface area (Å²) < 4.78 is 1.87. The van der Waals surface area contributed by atoms with E-state index in [-0.39, 0.29) is 17.9 Å². The van der Waals surface area contributed by atoms with E-state index in [2.05, 4.69) is 10.3 Å². The van der Waals surface area contributed by atoms with Crippen LogP contribution in [0, 0.1) is 5.92 Å². The summed E-state index contributed by atoms with van der Waals surface area (Å²) in [6.07, 6.45) is 3.53. The number of imidazole rings is 1. The Morgan fingerprint density at radius 2 is 2.00 bits per heavy atom. The van der Waals surface area contributed by atoms with Crippen molar-refractivity contribution in [1.82, 2.24) is 14.9 Å². The number of rotatable bonds is 4. The van der Waals surface area contributed by atoms with Crippen molar-refractivity contribution in [2.75, 3.05) is 0 Å². The molecule has 2 aromatic rings. The van der Waals surface area contributed by atoms with Crippen molar-refractivity contribution in [3.8, 4) is 0 Å². The van der Waals surface area contributed by atoms with Crippen molar-refractivity contribution in [2.24, 2.45) is 13.0 Å². The first-order chi connectivity index (χ1) is 9.90. The number of benzene rings is 1. The maximum absolute atomic E-state index is 12.1. The quantitative estimate of drug-likeness (QED) is 0.933. The third kappa shape index (κ3) is 3.57. The summed E-state index contributed by atoms with van der Waals surface area (Å²) in [4.78, 5) is 16.4. The average Bonchev–Trinajstić information content (AvgIpc) is 2.85. The van der Waals surface area contributed by atoms with Gasteiger partial charge in [0.15, 0.2) is 0 Å². The number of aryl methyl sites for hydroxylation is 1. The Balaban J connectivity index is 2.42. The van der Waals surface area contributed by atoms with Gasteiger partial charge in [-0.05, 0) is 17.7 Å². The number of carbonyl (C=O) groups excluding carboxylic acids is 1. The standard InChI is InChI=1S/C15H17Cl2N3O/c1-9(2)15(21)19-13(14-18-6-7-20(14)3)10-4-5-11(16)12(17)8-10/h4-9,13H,1-3H3,(H,19,21). The van der Waals surface area contributed by atoms with Crippen LogP contribution in [-0.2, 0) is 11.8 Å². The van der Waals surface area contributed by atoms with Gasteiger partial charge in [-0.15, -0.1) is 0 Å². The van der Waals surface area contributed by atoms with Gasteiger partial charge in [0.05, 0.1) is 10.0 Å². The molecular weight excluding hydrogens is 309 g/mol. The van der Waals surface area contributed by atoms with Crippen LogP contribution in [0.2, 0.25) is 10.0 Å². The molecule has 0 aliphatic rings. The van der Waals surface area contributed by atoms with Crippen molar-refractivity contribution >= 4 is 29.1 Å². The Labute approximate surface area is 134 Å². The molecule has 1 N–H and O–H groups in total. The third-order valence-electron chi connectivity index (χ3n) is 3.20. The van der Waals surface area contributed by atoms with E-state index >= 15 is 0 Å². The van der Waals surface area contributed by atoms with Crippen LogP contribution in [0.25, 0.3) is 0 Å². The summed E-state index contributed by atoms with van der Waals surface area (Å²) in [5.74, 6) is 0.576. The van der Waals surface area contributed by atoms with Crippen LogP contribution in [0.15, 0.2) is 30.6 Å². The van der Waals surface area contributed by atoms with Crippen LogP contribution in [0.4, 0.5) is 0 Å². The summed E-state index contributed by atoms with van der Waals surface area (Å²) in [5, 5.41) is 3.93. The van der Waals surface area contributed by atoms with E-state index in [4.69, 9.17) is 23.2 Å². The second kappa shape index (κ2) is 6.50. The number of aromatic nitrogens is 2. The lowest BCUT2D eigenvalue weighted by Gasteiger charge is -2.20. The smallest absolute Gasteiger partial charge is 0.223 e. The molecule has 0 bridgehead atoms. The van der Waals surface area contributed by atoms with Crippen LogP contribution in [-0.4, -0.2) is 15.5 Å². The lowest BCUT2D eigenvalue weighted by atomic mass is 10.0. The minimum atomic E-state index is -0.366. The van der Waals surface area contributed by atoms with E-state index in [9.17, 15) is 4.79 Å². The zero-order valence-corrected chi connectivity index (χ0v) is 13.6. The normalized spacial score (nSPS) is 12.5. The van der Waals surface area contributed by atoms with Gasteiger partial charge < -0.3 is 9.88 Å². The predicted molar refractivity (Wildman–Crippen MR) is 84.5 cm³/mol. The van der Waals surface area contributed by atoms with E-state index in [1.807, 2.05) is 37.7 Å².